The lowest BCUT2D eigenvalue weighted by Gasteiger charge is -2.60. The van der Waals surface area contributed by atoms with Crippen molar-refractivity contribution in [3.05, 3.63) is 12.2 Å². The van der Waals surface area contributed by atoms with E-state index in [2.05, 4.69) is 0 Å². The van der Waals surface area contributed by atoms with Crippen LogP contribution in [0.3, 0.4) is 0 Å². The molecule has 0 saturated carbocycles. The van der Waals surface area contributed by atoms with Crippen LogP contribution in [0.1, 0.15) is 6.42 Å². The van der Waals surface area contributed by atoms with Crippen molar-refractivity contribution in [1.82, 2.24) is 0 Å². The molecular weight excluding hydrogens is 574 g/mol. The molecule has 1 aliphatic carbocycles. The Morgan fingerprint density at radius 2 is 0.833 bits per heavy atom. The third kappa shape index (κ3) is 3.36. The smallest absolute Gasteiger partial charge is 0.223 e. The van der Waals surface area contributed by atoms with Crippen molar-refractivity contribution in [2.45, 2.75) is 32.8 Å². The summed E-state index contributed by atoms with van der Waals surface area (Å²) >= 11 is 73.6. The largest absolute Gasteiger partial charge is 0.349 e. The third-order valence-electron chi connectivity index (χ3n) is 4.13. The molecule has 0 aromatic rings. The third-order valence-corrected chi connectivity index (χ3v) is 7.50. The summed E-state index contributed by atoms with van der Waals surface area (Å²) in [6, 6.07) is 0. The highest BCUT2D eigenvalue weighted by atomic mass is 35.6. The van der Waals surface area contributed by atoms with Crippen molar-refractivity contribution in [2.75, 3.05) is 0 Å². The molecule has 2 unspecified atom stereocenters. The lowest BCUT2D eigenvalue weighted by atomic mass is 9.77. The fourth-order valence-corrected chi connectivity index (χ4v) is 7.82. The van der Waals surface area contributed by atoms with Crippen molar-refractivity contribution >= 4 is 139 Å². The van der Waals surface area contributed by atoms with E-state index >= 15 is 0 Å². The van der Waals surface area contributed by atoms with Gasteiger partial charge >= 0.3 is 0 Å². The maximum atomic E-state index is 6.13. The van der Waals surface area contributed by atoms with Crippen molar-refractivity contribution in [3.63, 3.8) is 0 Å². The zero-order chi connectivity index (χ0) is 19.0. The summed E-state index contributed by atoms with van der Waals surface area (Å²) in [5, 5.41) is 0. The van der Waals surface area contributed by atoms with E-state index < -0.39 is 38.2 Å². The number of hydrogen-bond acceptors (Lipinski definition) is 1. The standard InChI is InChI=1S/C11H6Cl12O/c12-8(13,14)6(9(15,16)17)4-1-2-5(3-4)7(24-6,10(18,19)20)11(21,22)23/h1-2,4-5H,3H2. The van der Waals surface area contributed by atoms with Gasteiger partial charge in [0.25, 0.3) is 0 Å². The molecule has 140 valence electrons. The first-order valence-electron chi connectivity index (χ1n) is 6.07. The zero-order valence-corrected chi connectivity index (χ0v) is 20.0. The number of hydrogen-bond donors (Lipinski definition) is 0. The number of alkyl halides is 12. The highest BCUT2D eigenvalue weighted by molar-refractivity contribution is 6.75. The van der Waals surface area contributed by atoms with Crippen LogP contribution in [0.2, 0.25) is 0 Å². The Hall–Kier alpha value is 3.18. The van der Waals surface area contributed by atoms with Crippen molar-refractivity contribution < 1.29 is 4.74 Å². The fourth-order valence-electron chi connectivity index (χ4n) is 3.10. The van der Waals surface area contributed by atoms with E-state index in [1.54, 1.807) is 12.2 Å². The quantitative estimate of drug-likeness (QED) is 0.208. The molecule has 2 rings (SSSR count). The minimum Gasteiger partial charge on any atom is -0.349 e. The molecular formula is C11H6Cl12O. The van der Waals surface area contributed by atoms with Crippen LogP contribution in [-0.4, -0.2) is 26.4 Å². The topological polar surface area (TPSA) is 9.23 Å². The van der Waals surface area contributed by atoms with Crippen LogP contribution in [0.4, 0.5) is 0 Å². The van der Waals surface area contributed by atoms with Crippen LogP contribution < -0.4 is 0 Å². The summed E-state index contributed by atoms with van der Waals surface area (Å²) in [4.78, 5) is 0. The van der Waals surface area contributed by atoms with E-state index in [4.69, 9.17) is 144 Å². The second kappa shape index (κ2) is 6.86. The van der Waals surface area contributed by atoms with Gasteiger partial charge in [0, 0.05) is 11.8 Å². The van der Waals surface area contributed by atoms with Gasteiger partial charge in [0.15, 0.2) is 11.2 Å². The van der Waals surface area contributed by atoms with E-state index in [-0.39, 0.29) is 6.42 Å². The van der Waals surface area contributed by atoms with Crippen LogP contribution in [0, 0.1) is 11.8 Å². The van der Waals surface area contributed by atoms with Crippen LogP contribution in [-0.2, 0) is 4.74 Å². The molecule has 1 fully saturated rings. The van der Waals surface area contributed by atoms with Gasteiger partial charge in [-0.3, -0.25) is 0 Å². The molecule has 0 aromatic heterocycles. The molecule has 24 heavy (non-hydrogen) atoms. The molecule has 0 amide bonds. The molecule has 1 aliphatic heterocycles. The average Bonchev–Trinajstić information content (AvgIpc) is 2.67. The van der Waals surface area contributed by atoms with Gasteiger partial charge < -0.3 is 4.74 Å². The number of halogens is 12. The van der Waals surface area contributed by atoms with Gasteiger partial charge in [-0.2, -0.15) is 0 Å². The summed E-state index contributed by atoms with van der Waals surface area (Å²) in [7, 11) is 0. The molecule has 0 radical (unpaired) electrons. The molecule has 2 atom stereocenters. The Labute approximate surface area is 198 Å². The molecule has 1 saturated heterocycles. The van der Waals surface area contributed by atoms with Crippen LogP contribution in [0.5, 0.6) is 0 Å². The highest BCUT2D eigenvalue weighted by Crippen LogP contribution is 2.71. The van der Waals surface area contributed by atoms with Gasteiger partial charge in [0.2, 0.25) is 15.2 Å². The normalized spacial score (nSPS) is 29.8. The lowest BCUT2D eigenvalue weighted by Crippen LogP contribution is -2.73. The maximum Gasteiger partial charge on any atom is 0.223 e. The fraction of sp³-hybridized carbons (Fsp3) is 0.818. The molecule has 0 aromatic carbocycles. The Morgan fingerprint density at radius 1 is 0.583 bits per heavy atom. The summed E-state index contributed by atoms with van der Waals surface area (Å²) in [6.07, 6.45) is 3.47. The van der Waals surface area contributed by atoms with Gasteiger partial charge in [0.1, 0.15) is 0 Å². The van der Waals surface area contributed by atoms with E-state index in [9.17, 15) is 0 Å². The maximum absolute atomic E-state index is 6.13. The predicted octanol–water partition coefficient (Wildman–Crippen LogP) is 8.17. The summed E-state index contributed by atoms with van der Waals surface area (Å²) in [5.41, 5.74) is -4.18. The zero-order valence-electron chi connectivity index (χ0n) is 11.0. The van der Waals surface area contributed by atoms with Crippen LogP contribution in [0.15, 0.2) is 12.2 Å². The molecule has 1 nitrogen and oxygen atoms in total. The van der Waals surface area contributed by atoms with Crippen molar-refractivity contribution in [2.24, 2.45) is 11.8 Å². The molecule has 13 heteroatoms. The van der Waals surface area contributed by atoms with E-state index in [0.717, 1.165) is 0 Å². The summed E-state index contributed by atoms with van der Waals surface area (Å²) in [6.45, 7) is 0. The Bertz CT molecular complexity index is 459. The minimum absolute atomic E-state index is 0.212. The molecule has 2 aliphatic rings. The second-order valence-electron chi connectivity index (χ2n) is 5.40. The van der Waals surface area contributed by atoms with Crippen LogP contribution in [0.25, 0.3) is 0 Å². The first kappa shape index (κ1) is 23.5. The average molecular weight is 580 g/mol. The molecule has 1 heterocycles. The Morgan fingerprint density at radius 3 is 1.04 bits per heavy atom. The highest BCUT2D eigenvalue weighted by Gasteiger charge is 2.79. The number of ether oxygens (including phenoxy) is 1. The van der Waals surface area contributed by atoms with Crippen molar-refractivity contribution in [3.8, 4) is 0 Å². The van der Waals surface area contributed by atoms with E-state index in [1.165, 1.54) is 0 Å². The summed E-state index contributed by atoms with van der Waals surface area (Å²) < 4.78 is -3.10. The summed E-state index contributed by atoms with van der Waals surface area (Å²) in [5.74, 6) is -1.29. The number of rotatable bonds is 0. The lowest BCUT2D eigenvalue weighted by molar-refractivity contribution is -0.214. The molecule has 2 bridgehead atoms. The van der Waals surface area contributed by atoms with Gasteiger partial charge in [-0.25, -0.2) is 0 Å². The monoisotopic (exact) mass is 574 g/mol. The van der Waals surface area contributed by atoms with E-state index in [1.807, 2.05) is 0 Å². The van der Waals surface area contributed by atoms with Gasteiger partial charge in [-0.05, 0) is 6.42 Å². The first-order chi connectivity index (χ1) is 10.4. The Kier molecular flexibility index (Phi) is 6.71. The van der Waals surface area contributed by atoms with Gasteiger partial charge in [0.05, 0.1) is 0 Å². The second-order valence-corrected chi connectivity index (χ2v) is 14.5. The first-order valence-corrected chi connectivity index (χ1v) is 10.6. The predicted molar refractivity (Wildman–Crippen MR) is 108 cm³/mol. The number of fused-ring (bicyclic) bond motifs is 2. The van der Waals surface area contributed by atoms with Gasteiger partial charge in [-0.15, -0.1) is 0 Å². The molecule has 0 spiro atoms. The van der Waals surface area contributed by atoms with E-state index in [0.29, 0.717) is 0 Å². The minimum atomic E-state index is -2.26. The molecule has 0 N–H and O–H groups in total. The van der Waals surface area contributed by atoms with Crippen LogP contribution >= 0.6 is 139 Å². The SMILES string of the molecule is ClC(Cl)(Cl)C1(C(Cl)(Cl)Cl)OC(C(Cl)(Cl)Cl)(C(Cl)(Cl)Cl)C2C=CC1C2. The van der Waals surface area contributed by atoms with Gasteiger partial charge in [-0.1, -0.05) is 151 Å². The van der Waals surface area contributed by atoms with Crippen molar-refractivity contribution in [1.29, 1.82) is 0 Å². The Balaban J connectivity index is 2.82.